The minimum atomic E-state index is -0.0459. The van der Waals surface area contributed by atoms with Gasteiger partial charge in [0.25, 0.3) is 0 Å². The quantitative estimate of drug-likeness (QED) is 0.857. The zero-order chi connectivity index (χ0) is 15.1. The number of aromatic nitrogens is 1. The molecule has 5 nitrogen and oxygen atoms in total. The summed E-state index contributed by atoms with van der Waals surface area (Å²) in [4.78, 5) is 15.8. The molecule has 1 amide bonds. The van der Waals surface area contributed by atoms with Gasteiger partial charge >= 0.3 is 0 Å². The van der Waals surface area contributed by atoms with Crippen molar-refractivity contribution in [1.82, 2.24) is 4.98 Å². The summed E-state index contributed by atoms with van der Waals surface area (Å²) in [5.74, 6) is 1.23. The lowest BCUT2D eigenvalue weighted by molar-refractivity contribution is -0.116. The number of ether oxygens (including phenoxy) is 1. The normalized spacial score (nSPS) is 9.68. The number of nitrogens with zero attached hydrogens (tertiary/aromatic N) is 1. The molecule has 0 aliphatic heterocycles. The largest absolute Gasteiger partial charge is 0.494 e. The van der Waals surface area contributed by atoms with Crippen LogP contribution in [0.4, 0.5) is 11.5 Å². The van der Waals surface area contributed by atoms with Crippen molar-refractivity contribution in [2.45, 2.75) is 19.8 Å². The van der Waals surface area contributed by atoms with Crippen LogP contribution < -0.4 is 15.8 Å². The molecule has 6 heteroatoms. The van der Waals surface area contributed by atoms with E-state index in [1.54, 1.807) is 18.3 Å². The molecule has 2 aromatic rings. The number of rotatable bonds is 6. The van der Waals surface area contributed by atoms with Gasteiger partial charge in [-0.2, -0.15) is 0 Å². The van der Waals surface area contributed by atoms with Gasteiger partial charge in [0.1, 0.15) is 11.6 Å². The molecule has 0 aliphatic rings. The topological polar surface area (TPSA) is 77.2 Å². The molecule has 0 unspecified atom stereocenters. The van der Waals surface area contributed by atoms with Gasteiger partial charge in [-0.15, -0.1) is 12.4 Å². The van der Waals surface area contributed by atoms with Crippen molar-refractivity contribution in [3.8, 4) is 5.75 Å². The highest BCUT2D eigenvalue weighted by Crippen LogP contribution is 2.14. The van der Waals surface area contributed by atoms with E-state index < -0.39 is 0 Å². The van der Waals surface area contributed by atoms with Crippen LogP contribution in [0.5, 0.6) is 5.75 Å². The number of benzene rings is 1. The smallest absolute Gasteiger partial charge is 0.224 e. The van der Waals surface area contributed by atoms with E-state index in [2.05, 4.69) is 10.3 Å². The minimum Gasteiger partial charge on any atom is -0.494 e. The van der Waals surface area contributed by atoms with E-state index >= 15 is 0 Å². The van der Waals surface area contributed by atoms with Gasteiger partial charge in [0.2, 0.25) is 5.91 Å². The van der Waals surface area contributed by atoms with E-state index in [1.807, 2.05) is 31.2 Å². The molecule has 0 saturated carbocycles. The van der Waals surface area contributed by atoms with Crippen LogP contribution in [0.2, 0.25) is 0 Å². The van der Waals surface area contributed by atoms with E-state index in [9.17, 15) is 4.79 Å². The molecule has 0 aliphatic carbocycles. The van der Waals surface area contributed by atoms with Crippen molar-refractivity contribution in [1.29, 1.82) is 0 Å². The summed E-state index contributed by atoms with van der Waals surface area (Å²) in [6.07, 6.45) is 2.64. The van der Waals surface area contributed by atoms with Gasteiger partial charge in [-0.3, -0.25) is 4.79 Å². The Bertz CT molecular complexity index is 585. The second kappa shape index (κ2) is 8.89. The second-order valence-corrected chi connectivity index (χ2v) is 4.60. The Kier molecular flexibility index (Phi) is 7.19. The standard InChI is InChI=1S/C16H19N3O2.ClH/c1-2-21-14-7-3-12(4-8-14)5-10-16(20)19-13-6-9-15(17)18-11-13;/h3-4,6-9,11H,2,5,10H2,1H3,(H2,17,18)(H,19,20);1H. The summed E-state index contributed by atoms with van der Waals surface area (Å²) < 4.78 is 5.38. The molecule has 0 atom stereocenters. The van der Waals surface area contributed by atoms with Crippen LogP contribution in [0.15, 0.2) is 42.6 Å². The van der Waals surface area contributed by atoms with Gasteiger partial charge in [-0.05, 0) is 43.2 Å². The number of amides is 1. The average Bonchev–Trinajstić information content (AvgIpc) is 2.49. The van der Waals surface area contributed by atoms with Crippen molar-refractivity contribution in [2.24, 2.45) is 0 Å². The Balaban J connectivity index is 0.00000242. The highest BCUT2D eigenvalue weighted by molar-refractivity contribution is 5.90. The first-order valence-electron chi connectivity index (χ1n) is 6.90. The number of carbonyl (C=O) groups excluding carboxylic acids is 1. The van der Waals surface area contributed by atoms with Crippen molar-refractivity contribution in [2.75, 3.05) is 17.7 Å². The summed E-state index contributed by atoms with van der Waals surface area (Å²) in [6, 6.07) is 11.2. The minimum absolute atomic E-state index is 0. The monoisotopic (exact) mass is 321 g/mol. The van der Waals surface area contributed by atoms with Crippen molar-refractivity contribution in [3.05, 3.63) is 48.2 Å². The third-order valence-corrected chi connectivity index (χ3v) is 2.95. The van der Waals surface area contributed by atoms with Crippen LogP contribution in [0.25, 0.3) is 0 Å². The molecule has 1 aromatic carbocycles. The number of nitrogens with two attached hydrogens (primary N) is 1. The molecular weight excluding hydrogens is 302 g/mol. The predicted octanol–water partition coefficient (Wildman–Crippen LogP) is 3.06. The molecule has 118 valence electrons. The number of carbonyl (C=O) groups is 1. The first kappa shape index (κ1) is 17.8. The van der Waals surface area contributed by atoms with E-state index in [0.717, 1.165) is 11.3 Å². The number of anilines is 2. The highest BCUT2D eigenvalue weighted by atomic mass is 35.5. The van der Waals surface area contributed by atoms with Crippen LogP contribution in [0.1, 0.15) is 18.9 Å². The Labute approximate surface area is 136 Å². The fraction of sp³-hybridized carbons (Fsp3) is 0.250. The number of hydrogen-bond donors (Lipinski definition) is 2. The Morgan fingerprint density at radius 1 is 1.23 bits per heavy atom. The van der Waals surface area contributed by atoms with Crippen LogP contribution in [0, 0.1) is 0 Å². The number of hydrogen-bond acceptors (Lipinski definition) is 4. The van der Waals surface area contributed by atoms with E-state index in [1.165, 1.54) is 0 Å². The maximum absolute atomic E-state index is 11.8. The van der Waals surface area contributed by atoms with Crippen molar-refractivity contribution >= 4 is 29.8 Å². The Hall–Kier alpha value is -2.27. The predicted molar refractivity (Wildman–Crippen MR) is 90.5 cm³/mol. The van der Waals surface area contributed by atoms with Gasteiger partial charge < -0.3 is 15.8 Å². The molecule has 1 heterocycles. The molecule has 0 fully saturated rings. The Morgan fingerprint density at radius 3 is 2.55 bits per heavy atom. The number of nitrogen functional groups attached to an aromatic ring is 1. The van der Waals surface area contributed by atoms with Crippen LogP contribution in [-0.4, -0.2) is 17.5 Å². The molecule has 0 radical (unpaired) electrons. The molecule has 2 rings (SSSR count). The molecule has 3 N–H and O–H groups in total. The third-order valence-electron chi connectivity index (χ3n) is 2.95. The number of pyridine rings is 1. The highest BCUT2D eigenvalue weighted by Gasteiger charge is 2.04. The SMILES string of the molecule is CCOc1ccc(CCC(=O)Nc2ccc(N)nc2)cc1.Cl. The second-order valence-electron chi connectivity index (χ2n) is 4.60. The summed E-state index contributed by atoms with van der Waals surface area (Å²) in [6.45, 7) is 2.60. The van der Waals surface area contributed by atoms with Gasteiger partial charge in [0, 0.05) is 6.42 Å². The lowest BCUT2D eigenvalue weighted by atomic mass is 10.1. The van der Waals surface area contributed by atoms with Crippen molar-refractivity contribution in [3.63, 3.8) is 0 Å². The summed E-state index contributed by atoms with van der Waals surface area (Å²) in [5, 5.41) is 2.79. The lowest BCUT2D eigenvalue weighted by Crippen LogP contribution is -2.12. The molecule has 1 aromatic heterocycles. The van der Waals surface area contributed by atoms with E-state index in [0.29, 0.717) is 31.0 Å². The average molecular weight is 322 g/mol. The third kappa shape index (κ3) is 5.61. The number of halogens is 1. The number of nitrogens with one attached hydrogen (secondary N) is 1. The summed E-state index contributed by atoms with van der Waals surface area (Å²) in [7, 11) is 0. The fourth-order valence-corrected chi connectivity index (χ4v) is 1.88. The van der Waals surface area contributed by atoms with Crippen LogP contribution in [0.3, 0.4) is 0 Å². The fourth-order valence-electron chi connectivity index (χ4n) is 1.88. The van der Waals surface area contributed by atoms with E-state index in [-0.39, 0.29) is 18.3 Å². The summed E-state index contributed by atoms with van der Waals surface area (Å²) in [5.41, 5.74) is 7.25. The zero-order valence-corrected chi connectivity index (χ0v) is 13.2. The maximum atomic E-state index is 11.8. The Morgan fingerprint density at radius 2 is 1.95 bits per heavy atom. The van der Waals surface area contributed by atoms with Crippen LogP contribution in [-0.2, 0) is 11.2 Å². The molecule has 22 heavy (non-hydrogen) atoms. The van der Waals surface area contributed by atoms with Crippen LogP contribution >= 0.6 is 12.4 Å². The first-order chi connectivity index (χ1) is 10.2. The molecular formula is C16H20ClN3O2. The molecule has 0 saturated heterocycles. The zero-order valence-electron chi connectivity index (χ0n) is 12.4. The van der Waals surface area contributed by atoms with Gasteiger partial charge in [0.15, 0.2) is 0 Å². The first-order valence-corrected chi connectivity index (χ1v) is 6.90. The number of aryl methyl sites for hydroxylation is 1. The van der Waals surface area contributed by atoms with Gasteiger partial charge in [-0.25, -0.2) is 4.98 Å². The maximum Gasteiger partial charge on any atom is 0.224 e. The van der Waals surface area contributed by atoms with E-state index in [4.69, 9.17) is 10.5 Å². The van der Waals surface area contributed by atoms with Gasteiger partial charge in [-0.1, -0.05) is 12.1 Å². The molecule has 0 spiro atoms. The molecule has 0 bridgehead atoms. The van der Waals surface area contributed by atoms with Crippen molar-refractivity contribution < 1.29 is 9.53 Å². The lowest BCUT2D eigenvalue weighted by Gasteiger charge is -2.06. The summed E-state index contributed by atoms with van der Waals surface area (Å²) >= 11 is 0. The van der Waals surface area contributed by atoms with Gasteiger partial charge in [0.05, 0.1) is 18.5 Å².